The molecule has 0 atom stereocenters. The molecule has 9 aromatic rings. The minimum Gasteiger partial charge on any atom is -0.435 e. The van der Waals surface area contributed by atoms with Gasteiger partial charge in [0.15, 0.2) is 23.1 Å². The predicted octanol–water partition coefficient (Wildman–Crippen LogP) is 11.2. The summed E-state index contributed by atoms with van der Waals surface area (Å²) in [5.41, 5.74) is 9.64. The minimum atomic E-state index is 0.565. The molecule has 0 bridgehead atoms. The maximum atomic E-state index is 6.49. The van der Waals surface area contributed by atoms with Crippen molar-refractivity contribution in [3.05, 3.63) is 170 Å². The van der Waals surface area contributed by atoms with Gasteiger partial charge >= 0.3 is 0 Å². The molecule has 230 valence electrons. The second-order valence-electron chi connectivity index (χ2n) is 11.9. The van der Waals surface area contributed by atoms with E-state index in [-0.39, 0.29) is 0 Å². The van der Waals surface area contributed by atoms with Crippen LogP contribution in [0.1, 0.15) is 0 Å². The van der Waals surface area contributed by atoms with Crippen LogP contribution in [-0.2, 0) is 0 Å². The second-order valence-corrected chi connectivity index (χ2v) is 11.9. The molecule has 0 N–H and O–H groups in total. The average molecular weight is 629 g/mol. The molecule has 0 radical (unpaired) electrons. The van der Waals surface area contributed by atoms with Crippen molar-refractivity contribution in [2.75, 3.05) is 0 Å². The number of oxazole rings is 1. The number of hydrogen-bond acceptors (Lipinski definition) is 5. The number of rotatable bonds is 6. The molecule has 7 aromatic carbocycles. The van der Waals surface area contributed by atoms with Crippen molar-refractivity contribution in [3.63, 3.8) is 0 Å². The van der Waals surface area contributed by atoms with Gasteiger partial charge in [-0.15, -0.1) is 0 Å². The molecule has 0 amide bonds. The molecule has 0 spiro atoms. The standard InChI is InChI=1S/C44H28N4O/c1-4-14-29(15-5-1)35-23-10-11-24-36(35)33-21-12-22-34(28-33)42-46-41(31-16-6-2-7-17-31)47-43(48-42)37-25-13-20-30-26-27-38-40(39(30)37)49-44(45-38)32-18-8-3-9-19-32/h1-28H. The van der Waals surface area contributed by atoms with E-state index in [0.29, 0.717) is 28.9 Å². The van der Waals surface area contributed by atoms with Crippen LogP contribution in [0.2, 0.25) is 0 Å². The molecule has 0 saturated carbocycles. The van der Waals surface area contributed by atoms with Crippen LogP contribution in [0.25, 0.3) is 89.7 Å². The summed E-state index contributed by atoms with van der Waals surface area (Å²) < 4.78 is 6.49. The molecular weight excluding hydrogens is 601 g/mol. The first-order valence-corrected chi connectivity index (χ1v) is 16.2. The zero-order chi connectivity index (χ0) is 32.6. The highest BCUT2D eigenvalue weighted by Crippen LogP contribution is 2.38. The van der Waals surface area contributed by atoms with Crippen molar-refractivity contribution in [2.45, 2.75) is 0 Å². The van der Waals surface area contributed by atoms with Crippen molar-refractivity contribution in [3.8, 4) is 67.9 Å². The third kappa shape index (κ3) is 5.33. The van der Waals surface area contributed by atoms with Crippen molar-refractivity contribution in [1.29, 1.82) is 0 Å². The summed E-state index contributed by atoms with van der Waals surface area (Å²) in [6.07, 6.45) is 0. The van der Waals surface area contributed by atoms with E-state index in [4.69, 9.17) is 24.4 Å². The molecule has 0 saturated heterocycles. The number of benzene rings is 7. The van der Waals surface area contributed by atoms with Crippen LogP contribution in [0.3, 0.4) is 0 Å². The van der Waals surface area contributed by atoms with Crippen LogP contribution in [0, 0.1) is 0 Å². The predicted molar refractivity (Wildman–Crippen MR) is 198 cm³/mol. The van der Waals surface area contributed by atoms with E-state index in [1.807, 2.05) is 84.9 Å². The van der Waals surface area contributed by atoms with Gasteiger partial charge < -0.3 is 4.42 Å². The first-order chi connectivity index (χ1) is 24.3. The van der Waals surface area contributed by atoms with Crippen molar-refractivity contribution < 1.29 is 4.42 Å². The summed E-state index contributed by atoms with van der Waals surface area (Å²) >= 11 is 0. The van der Waals surface area contributed by atoms with Crippen LogP contribution in [0.4, 0.5) is 0 Å². The van der Waals surface area contributed by atoms with Crippen LogP contribution >= 0.6 is 0 Å². The SMILES string of the molecule is c1ccc(-c2nc(-c3cccc(-c4ccccc4-c4ccccc4)c3)nc(-c3cccc4ccc5nc(-c6ccccc6)oc5c34)n2)cc1. The number of fused-ring (bicyclic) bond motifs is 3. The molecule has 0 aliphatic carbocycles. The Balaban J connectivity index is 1.24. The first kappa shape index (κ1) is 28.5. The normalized spacial score (nSPS) is 11.3. The number of hydrogen-bond donors (Lipinski definition) is 0. The molecule has 5 heteroatoms. The Morgan fingerprint density at radius 2 is 0.878 bits per heavy atom. The monoisotopic (exact) mass is 628 g/mol. The van der Waals surface area contributed by atoms with E-state index in [1.165, 1.54) is 11.1 Å². The highest BCUT2D eigenvalue weighted by Gasteiger charge is 2.19. The lowest BCUT2D eigenvalue weighted by Crippen LogP contribution is -2.00. The zero-order valence-corrected chi connectivity index (χ0v) is 26.4. The van der Waals surface area contributed by atoms with Crippen LogP contribution in [0.15, 0.2) is 174 Å². The van der Waals surface area contributed by atoms with Gasteiger partial charge in [0.2, 0.25) is 5.89 Å². The maximum absolute atomic E-state index is 6.49. The molecule has 2 heterocycles. The zero-order valence-electron chi connectivity index (χ0n) is 26.4. The van der Waals surface area contributed by atoms with Gasteiger partial charge in [0.1, 0.15) is 5.52 Å². The van der Waals surface area contributed by atoms with Crippen molar-refractivity contribution >= 4 is 21.9 Å². The molecule has 0 aliphatic rings. The summed E-state index contributed by atoms with van der Waals surface area (Å²) in [6, 6.07) is 57.7. The molecular formula is C44H28N4O. The Morgan fingerprint density at radius 1 is 0.347 bits per heavy atom. The lowest BCUT2D eigenvalue weighted by atomic mass is 9.93. The Kier molecular flexibility index (Phi) is 7.06. The van der Waals surface area contributed by atoms with Gasteiger partial charge in [-0.3, -0.25) is 0 Å². The van der Waals surface area contributed by atoms with E-state index >= 15 is 0 Å². The van der Waals surface area contributed by atoms with Gasteiger partial charge in [-0.25, -0.2) is 19.9 Å². The fourth-order valence-corrected chi connectivity index (χ4v) is 6.42. The second kappa shape index (κ2) is 12.1. The third-order valence-corrected chi connectivity index (χ3v) is 8.77. The number of aromatic nitrogens is 4. The van der Waals surface area contributed by atoms with E-state index in [2.05, 4.69) is 84.9 Å². The summed E-state index contributed by atoms with van der Waals surface area (Å²) in [4.78, 5) is 20.1. The van der Waals surface area contributed by atoms with Gasteiger partial charge in [-0.2, -0.15) is 0 Å². The maximum Gasteiger partial charge on any atom is 0.227 e. The van der Waals surface area contributed by atoms with Gasteiger partial charge in [0.05, 0.1) is 0 Å². The Hall–Kier alpha value is -6.72. The lowest BCUT2D eigenvalue weighted by Gasteiger charge is -2.13. The van der Waals surface area contributed by atoms with E-state index in [1.54, 1.807) is 0 Å². The van der Waals surface area contributed by atoms with E-state index in [9.17, 15) is 0 Å². The topological polar surface area (TPSA) is 64.7 Å². The minimum absolute atomic E-state index is 0.565. The van der Waals surface area contributed by atoms with Crippen LogP contribution < -0.4 is 0 Å². The molecule has 2 aromatic heterocycles. The van der Waals surface area contributed by atoms with Crippen LogP contribution in [-0.4, -0.2) is 19.9 Å². The fourth-order valence-electron chi connectivity index (χ4n) is 6.42. The molecule has 5 nitrogen and oxygen atoms in total. The molecule has 0 aliphatic heterocycles. The molecule has 49 heavy (non-hydrogen) atoms. The lowest BCUT2D eigenvalue weighted by molar-refractivity contribution is 0.623. The summed E-state index contributed by atoms with van der Waals surface area (Å²) in [6.45, 7) is 0. The van der Waals surface area contributed by atoms with Crippen molar-refractivity contribution in [2.24, 2.45) is 0 Å². The Bertz CT molecular complexity index is 2600. The van der Waals surface area contributed by atoms with E-state index < -0.39 is 0 Å². The molecule has 0 fully saturated rings. The largest absolute Gasteiger partial charge is 0.435 e. The van der Waals surface area contributed by atoms with Crippen LogP contribution in [0.5, 0.6) is 0 Å². The van der Waals surface area contributed by atoms with E-state index in [0.717, 1.165) is 49.7 Å². The molecule has 0 unspecified atom stereocenters. The molecule has 9 rings (SSSR count). The Labute approximate surface area is 283 Å². The average Bonchev–Trinajstić information content (AvgIpc) is 3.64. The summed E-state index contributed by atoms with van der Waals surface area (Å²) in [5, 5.41) is 1.93. The summed E-state index contributed by atoms with van der Waals surface area (Å²) in [5.74, 6) is 2.33. The fraction of sp³-hybridized carbons (Fsp3) is 0. The first-order valence-electron chi connectivity index (χ1n) is 16.2. The highest BCUT2D eigenvalue weighted by molar-refractivity contribution is 6.10. The third-order valence-electron chi connectivity index (χ3n) is 8.77. The summed E-state index contributed by atoms with van der Waals surface area (Å²) in [7, 11) is 0. The smallest absolute Gasteiger partial charge is 0.227 e. The number of nitrogens with zero attached hydrogens (tertiary/aromatic N) is 4. The Morgan fingerprint density at radius 3 is 1.61 bits per heavy atom. The highest BCUT2D eigenvalue weighted by atomic mass is 16.3. The van der Waals surface area contributed by atoms with Crippen molar-refractivity contribution in [1.82, 2.24) is 19.9 Å². The van der Waals surface area contributed by atoms with Gasteiger partial charge in [-0.1, -0.05) is 146 Å². The van der Waals surface area contributed by atoms with Gasteiger partial charge in [0.25, 0.3) is 0 Å². The quantitative estimate of drug-likeness (QED) is 0.183. The van der Waals surface area contributed by atoms with Gasteiger partial charge in [0, 0.05) is 27.6 Å². The van der Waals surface area contributed by atoms with Gasteiger partial charge in [-0.05, 0) is 51.9 Å².